The van der Waals surface area contributed by atoms with Crippen LogP contribution in [0.2, 0.25) is 0 Å². The number of ether oxygens (including phenoxy) is 1. The van der Waals surface area contributed by atoms with Crippen molar-refractivity contribution in [2.24, 2.45) is 0 Å². The normalized spacial score (nSPS) is 9.95. The van der Waals surface area contributed by atoms with Crippen LogP contribution >= 0.6 is 0 Å². The fourth-order valence-corrected chi connectivity index (χ4v) is 1.49. The molecule has 0 aliphatic heterocycles. The average molecular weight is 261 g/mol. The molecule has 5 heteroatoms. The standard InChI is InChI=1S/C14H12FNO3/c15-10-3-1-4-11(7-10)16-14(18)9-19-13-6-2-5-12(17)8-13/h1-8,17H,9H2,(H,16,18). The summed E-state index contributed by atoms with van der Waals surface area (Å²) >= 11 is 0. The highest BCUT2D eigenvalue weighted by Crippen LogP contribution is 2.17. The molecule has 0 spiro atoms. The van der Waals surface area contributed by atoms with Crippen LogP contribution in [0.5, 0.6) is 11.5 Å². The van der Waals surface area contributed by atoms with E-state index in [1.54, 1.807) is 18.2 Å². The van der Waals surface area contributed by atoms with Gasteiger partial charge in [0.05, 0.1) is 0 Å². The number of nitrogens with one attached hydrogen (secondary N) is 1. The van der Waals surface area contributed by atoms with Crippen LogP contribution in [0.15, 0.2) is 48.5 Å². The molecule has 98 valence electrons. The lowest BCUT2D eigenvalue weighted by Crippen LogP contribution is -2.20. The van der Waals surface area contributed by atoms with Crippen molar-refractivity contribution in [2.45, 2.75) is 0 Å². The van der Waals surface area contributed by atoms with Crippen molar-refractivity contribution in [1.29, 1.82) is 0 Å². The largest absolute Gasteiger partial charge is 0.508 e. The molecule has 19 heavy (non-hydrogen) atoms. The zero-order chi connectivity index (χ0) is 13.7. The summed E-state index contributed by atoms with van der Waals surface area (Å²) < 4.78 is 18.1. The van der Waals surface area contributed by atoms with E-state index in [1.807, 2.05) is 0 Å². The Morgan fingerprint density at radius 2 is 2.00 bits per heavy atom. The number of hydrogen-bond acceptors (Lipinski definition) is 3. The highest BCUT2D eigenvalue weighted by atomic mass is 19.1. The number of amides is 1. The lowest BCUT2D eigenvalue weighted by molar-refractivity contribution is -0.118. The van der Waals surface area contributed by atoms with E-state index in [4.69, 9.17) is 4.74 Å². The van der Waals surface area contributed by atoms with Crippen molar-refractivity contribution in [1.82, 2.24) is 0 Å². The number of carbonyl (C=O) groups is 1. The van der Waals surface area contributed by atoms with Crippen LogP contribution in [-0.4, -0.2) is 17.6 Å². The summed E-state index contributed by atoms with van der Waals surface area (Å²) in [5.41, 5.74) is 0.365. The first-order valence-electron chi connectivity index (χ1n) is 5.61. The SMILES string of the molecule is O=C(COc1cccc(O)c1)Nc1cccc(F)c1. The quantitative estimate of drug-likeness (QED) is 0.889. The zero-order valence-electron chi connectivity index (χ0n) is 9.97. The minimum Gasteiger partial charge on any atom is -0.508 e. The van der Waals surface area contributed by atoms with Gasteiger partial charge in [-0.3, -0.25) is 4.79 Å². The number of hydrogen-bond donors (Lipinski definition) is 2. The fourth-order valence-electron chi connectivity index (χ4n) is 1.49. The third-order valence-corrected chi connectivity index (χ3v) is 2.30. The topological polar surface area (TPSA) is 58.6 Å². The van der Waals surface area contributed by atoms with Gasteiger partial charge in [0, 0.05) is 11.8 Å². The van der Waals surface area contributed by atoms with Crippen molar-refractivity contribution in [3.8, 4) is 11.5 Å². The Balaban J connectivity index is 1.88. The molecule has 0 saturated heterocycles. The molecule has 0 heterocycles. The van der Waals surface area contributed by atoms with Gasteiger partial charge in [-0.05, 0) is 30.3 Å². The number of rotatable bonds is 4. The van der Waals surface area contributed by atoms with Crippen molar-refractivity contribution in [3.05, 3.63) is 54.3 Å². The van der Waals surface area contributed by atoms with E-state index in [2.05, 4.69) is 5.32 Å². The molecule has 0 aliphatic carbocycles. The Kier molecular flexibility index (Phi) is 3.97. The van der Waals surface area contributed by atoms with Crippen LogP contribution in [0, 0.1) is 5.82 Å². The van der Waals surface area contributed by atoms with Gasteiger partial charge in [0.2, 0.25) is 0 Å². The van der Waals surface area contributed by atoms with E-state index >= 15 is 0 Å². The number of benzene rings is 2. The van der Waals surface area contributed by atoms with Gasteiger partial charge in [-0.1, -0.05) is 12.1 Å². The molecule has 0 fully saturated rings. The molecule has 4 nitrogen and oxygen atoms in total. The average Bonchev–Trinajstić information content (AvgIpc) is 2.36. The van der Waals surface area contributed by atoms with Crippen LogP contribution < -0.4 is 10.1 Å². The molecule has 0 aromatic heterocycles. The predicted octanol–water partition coefficient (Wildman–Crippen LogP) is 2.55. The van der Waals surface area contributed by atoms with Gasteiger partial charge in [0.1, 0.15) is 17.3 Å². The van der Waals surface area contributed by atoms with Crippen molar-refractivity contribution >= 4 is 11.6 Å². The highest BCUT2D eigenvalue weighted by Gasteiger charge is 2.04. The first kappa shape index (κ1) is 12.9. The van der Waals surface area contributed by atoms with E-state index < -0.39 is 11.7 Å². The Bertz CT molecular complexity index is 586. The predicted molar refractivity (Wildman–Crippen MR) is 68.6 cm³/mol. The maximum absolute atomic E-state index is 12.9. The Labute approximate surface area is 109 Å². The van der Waals surface area contributed by atoms with Crippen molar-refractivity contribution < 1.29 is 19.0 Å². The zero-order valence-corrected chi connectivity index (χ0v) is 9.97. The first-order valence-corrected chi connectivity index (χ1v) is 5.61. The summed E-state index contributed by atoms with van der Waals surface area (Å²) in [6.45, 7) is -0.222. The van der Waals surface area contributed by atoms with E-state index in [9.17, 15) is 14.3 Å². The van der Waals surface area contributed by atoms with E-state index in [0.29, 0.717) is 11.4 Å². The number of anilines is 1. The summed E-state index contributed by atoms with van der Waals surface area (Å²) in [6.07, 6.45) is 0. The van der Waals surface area contributed by atoms with E-state index in [-0.39, 0.29) is 12.4 Å². The van der Waals surface area contributed by atoms with Gasteiger partial charge >= 0.3 is 0 Å². The molecule has 0 unspecified atom stereocenters. The molecule has 0 saturated carbocycles. The summed E-state index contributed by atoms with van der Waals surface area (Å²) in [6, 6.07) is 11.7. The second kappa shape index (κ2) is 5.86. The van der Waals surface area contributed by atoms with Crippen LogP contribution in [0.3, 0.4) is 0 Å². The molecule has 0 atom stereocenters. The number of phenolic OH excluding ortho intramolecular Hbond substituents is 1. The van der Waals surface area contributed by atoms with Crippen LogP contribution in [0.4, 0.5) is 10.1 Å². The molecule has 2 rings (SSSR count). The summed E-state index contributed by atoms with van der Waals surface area (Å²) in [4.78, 5) is 11.6. The smallest absolute Gasteiger partial charge is 0.262 e. The minimum absolute atomic E-state index is 0.0584. The summed E-state index contributed by atoms with van der Waals surface area (Å²) in [5, 5.41) is 11.7. The van der Waals surface area contributed by atoms with Crippen molar-refractivity contribution in [2.75, 3.05) is 11.9 Å². The Hall–Kier alpha value is -2.56. The monoisotopic (exact) mass is 261 g/mol. The fraction of sp³-hybridized carbons (Fsp3) is 0.0714. The van der Waals surface area contributed by atoms with E-state index in [0.717, 1.165) is 0 Å². The maximum Gasteiger partial charge on any atom is 0.262 e. The van der Waals surface area contributed by atoms with Gasteiger partial charge in [0.15, 0.2) is 6.61 Å². The number of aromatic hydroxyl groups is 1. The Morgan fingerprint density at radius 1 is 1.21 bits per heavy atom. The third kappa shape index (κ3) is 3.99. The molecule has 1 amide bonds. The molecule has 0 aliphatic rings. The maximum atomic E-state index is 12.9. The van der Waals surface area contributed by atoms with Crippen LogP contribution in [0.1, 0.15) is 0 Å². The second-order valence-corrected chi connectivity index (χ2v) is 3.84. The highest BCUT2D eigenvalue weighted by molar-refractivity contribution is 5.91. The molecular weight excluding hydrogens is 249 g/mol. The Morgan fingerprint density at radius 3 is 2.74 bits per heavy atom. The number of halogens is 1. The molecule has 0 bridgehead atoms. The van der Waals surface area contributed by atoms with Gasteiger partial charge < -0.3 is 15.2 Å². The second-order valence-electron chi connectivity index (χ2n) is 3.84. The van der Waals surface area contributed by atoms with Gasteiger partial charge in [0.25, 0.3) is 5.91 Å². The summed E-state index contributed by atoms with van der Waals surface area (Å²) in [7, 11) is 0. The van der Waals surface area contributed by atoms with Gasteiger partial charge in [-0.25, -0.2) is 4.39 Å². The lowest BCUT2D eigenvalue weighted by atomic mass is 10.3. The summed E-state index contributed by atoms with van der Waals surface area (Å²) in [5.74, 6) is -0.391. The van der Waals surface area contributed by atoms with E-state index in [1.165, 1.54) is 30.3 Å². The molecule has 2 aromatic carbocycles. The minimum atomic E-state index is -0.424. The first-order chi connectivity index (χ1) is 9.13. The number of carbonyl (C=O) groups excluding carboxylic acids is 1. The molecule has 2 N–H and O–H groups in total. The van der Waals surface area contributed by atoms with Gasteiger partial charge in [-0.2, -0.15) is 0 Å². The molecule has 0 radical (unpaired) electrons. The number of phenols is 1. The van der Waals surface area contributed by atoms with Gasteiger partial charge in [-0.15, -0.1) is 0 Å². The lowest BCUT2D eigenvalue weighted by Gasteiger charge is -2.07. The van der Waals surface area contributed by atoms with Crippen molar-refractivity contribution in [3.63, 3.8) is 0 Å². The third-order valence-electron chi connectivity index (χ3n) is 2.30. The molecule has 2 aromatic rings. The molecular formula is C14H12FNO3. The van der Waals surface area contributed by atoms with Crippen LogP contribution in [0.25, 0.3) is 0 Å². The van der Waals surface area contributed by atoms with Crippen LogP contribution in [-0.2, 0) is 4.79 Å².